The molecule has 7 nitrogen and oxygen atoms in total. The van der Waals surface area contributed by atoms with Crippen LogP contribution < -0.4 is 5.11 Å². The van der Waals surface area contributed by atoms with Crippen molar-refractivity contribution in [3.8, 4) is 11.5 Å². The Hall–Kier alpha value is -2.31. The van der Waals surface area contributed by atoms with Crippen LogP contribution in [0.2, 0.25) is 0 Å². The smallest absolute Gasteiger partial charge is 0.273 e. The predicted octanol–water partition coefficient (Wildman–Crippen LogP) is -1.11. The highest BCUT2D eigenvalue weighted by atomic mass is 16.5. The number of aromatic carboxylic acids is 1. The monoisotopic (exact) mass is 191 g/mol. The highest BCUT2D eigenvalue weighted by Gasteiger charge is 2.09. The third kappa shape index (κ3) is 1.42. The van der Waals surface area contributed by atoms with E-state index in [0.717, 1.165) is 0 Å². The Morgan fingerprint density at radius 1 is 1.43 bits per heavy atom. The Labute approximate surface area is 77.4 Å². The molecule has 70 valence electrons. The van der Waals surface area contributed by atoms with Crippen molar-refractivity contribution in [1.82, 2.24) is 20.1 Å². The zero-order chi connectivity index (χ0) is 9.97. The lowest BCUT2D eigenvalue weighted by Gasteiger charge is -1.90. The molecule has 14 heavy (non-hydrogen) atoms. The molecule has 2 rings (SSSR count). The van der Waals surface area contributed by atoms with Crippen molar-refractivity contribution in [1.29, 1.82) is 0 Å². The van der Waals surface area contributed by atoms with Crippen LogP contribution >= 0.6 is 0 Å². The molecule has 0 spiro atoms. The van der Waals surface area contributed by atoms with Gasteiger partial charge in [-0.3, -0.25) is 4.98 Å². The molecule has 0 fully saturated rings. The van der Waals surface area contributed by atoms with Crippen LogP contribution in [-0.4, -0.2) is 26.1 Å². The van der Waals surface area contributed by atoms with Crippen LogP contribution in [0.25, 0.3) is 11.5 Å². The maximum absolute atomic E-state index is 10.3. The number of carboxylic acid groups (broad SMARTS) is 1. The Morgan fingerprint density at radius 2 is 2.29 bits per heavy atom. The normalized spacial score (nSPS) is 10.0. The minimum absolute atomic E-state index is 0.0669. The van der Waals surface area contributed by atoms with Gasteiger partial charge in [-0.05, 0) is 0 Å². The fourth-order valence-corrected chi connectivity index (χ4v) is 0.825. The average Bonchev–Trinajstić information content (AvgIpc) is 2.68. The average molecular weight is 191 g/mol. The summed E-state index contributed by atoms with van der Waals surface area (Å²) in [4.78, 5) is 21.5. The first-order chi connectivity index (χ1) is 6.77. The lowest BCUT2D eigenvalue weighted by atomic mass is 10.4. The zero-order valence-electron chi connectivity index (χ0n) is 6.75. The Balaban J connectivity index is 2.39. The van der Waals surface area contributed by atoms with E-state index in [1.54, 1.807) is 0 Å². The summed E-state index contributed by atoms with van der Waals surface area (Å²) in [6.07, 6.45) is 4.30. The van der Waals surface area contributed by atoms with E-state index in [1.807, 2.05) is 0 Å². The second-order valence-corrected chi connectivity index (χ2v) is 2.30. The Kier molecular flexibility index (Phi) is 1.90. The summed E-state index contributed by atoms with van der Waals surface area (Å²) in [6, 6.07) is 0. The summed E-state index contributed by atoms with van der Waals surface area (Å²) < 4.78 is 4.39. The van der Waals surface area contributed by atoms with Crippen molar-refractivity contribution >= 4 is 5.97 Å². The maximum atomic E-state index is 10.3. The summed E-state index contributed by atoms with van der Waals surface area (Å²) in [5.41, 5.74) is 0.337. The molecule has 0 amide bonds. The summed E-state index contributed by atoms with van der Waals surface area (Å²) in [6.45, 7) is 0. The number of carbonyl (C=O) groups excluding carboxylic acids is 1. The molecule has 2 aromatic heterocycles. The third-order valence-electron chi connectivity index (χ3n) is 1.39. The molecule has 0 aliphatic carbocycles. The van der Waals surface area contributed by atoms with Crippen LogP contribution in [-0.2, 0) is 0 Å². The number of aromatic nitrogens is 4. The molecule has 0 aliphatic rings. The first-order valence-corrected chi connectivity index (χ1v) is 3.59. The molecular weight excluding hydrogens is 188 g/mol. The molecular formula is C7H3N4O3-. The van der Waals surface area contributed by atoms with Crippen molar-refractivity contribution in [3.05, 3.63) is 24.5 Å². The van der Waals surface area contributed by atoms with Crippen LogP contribution in [0.5, 0.6) is 0 Å². The molecule has 0 bridgehead atoms. The summed E-state index contributed by atoms with van der Waals surface area (Å²) >= 11 is 0. The van der Waals surface area contributed by atoms with Gasteiger partial charge in [-0.2, -0.15) is 4.98 Å². The van der Waals surface area contributed by atoms with Crippen LogP contribution in [0.3, 0.4) is 0 Å². The molecule has 0 unspecified atom stereocenters. The molecule has 2 heterocycles. The van der Waals surface area contributed by atoms with Crippen LogP contribution in [0.4, 0.5) is 0 Å². The molecule has 2 aromatic rings. The number of nitrogens with zero attached hydrogens (tertiary/aromatic N) is 4. The van der Waals surface area contributed by atoms with Gasteiger partial charge in [0, 0.05) is 12.4 Å². The van der Waals surface area contributed by atoms with Crippen LogP contribution in [0.1, 0.15) is 10.7 Å². The minimum Gasteiger partial charge on any atom is -0.540 e. The number of hydrogen-bond donors (Lipinski definition) is 0. The van der Waals surface area contributed by atoms with Gasteiger partial charge in [0.25, 0.3) is 5.89 Å². The lowest BCUT2D eigenvalue weighted by molar-refractivity contribution is -0.257. The number of carbonyl (C=O) groups is 1. The molecule has 0 atom stereocenters. The first-order valence-electron chi connectivity index (χ1n) is 3.59. The van der Waals surface area contributed by atoms with Gasteiger partial charge in [-0.15, -0.1) is 0 Å². The molecule has 0 aromatic carbocycles. The van der Waals surface area contributed by atoms with E-state index in [9.17, 15) is 9.90 Å². The fraction of sp³-hybridized carbons (Fsp3) is 0. The molecule has 0 aliphatic heterocycles. The molecule has 0 radical (unpaired) electrons. The summed E-state index contributed by atoms with van der Waals surface area (Å²) in [5, 5.41) is 13.7. The SMILES string of the molecule is O=C([O-])c1nc(-c2cnccn2)no1. The highest BCUT2D eigenvalue weighted by molar-refractivity contribution is 5.80. The Bertz CT molecular complexity index is 453. The second kappa shape index (κ2) is 3.21. The van der Waals surface area contributed by atoms with Gasteiger partial charge in [0.05, 0.1) is 6.20 Å². The summed E-state index contributed by atoms with van der Waals surface area (Å²) in [5.74, 6) is -2.03. The molecule has 7 heteroatoms. The maximum Gasteiger partial charge on any atom is 0.273 e. The van der Waals surface area contributed by atoms with E-state index in [1.165, 1.54) is 18.6 Å². The summed E-state index contributed by atoms with van der Waals surface area (Å²) in [7, 11) is 0. The highest BCUT2D eigenvalue weighted by Crippen LogP contribution is 2.09. The molecule has 0 saturated carbocycles. The number of rotatable bonds is 2. The van der Waals surface area contributed by atoms with Crippen LogP contribution in [0, 0.1) is 0 Å². The number of carboxylic acids is 1. The largest absolute Gasteiger partial charge is 0.540 e. The van der Waals surface area contributed by atoms with E-state index in [-0.39, 0.29) is 5.82 Å². The van der Waals surface area contributed by atoms with Crippen molar-refractivity contribution in [2.24, 2.45) is 0 Å². The molecule has 0 N–H and O–H groups in total. The van der Waals surface area contributed by atoms with Gasteiger partial charge in [0.1, 0.15) is 11.7 Å². The first kappa shape index (κ1) is 8.30. The molecule has 0 saturated heterocycles. The number of hydrogen-bond acceptors (Lipinski definition) is 7. The quantitative estimate of drug-likeness (QED) is 0.592. The lowest BCUT2D eigenvalue weighted by Crippen LogP contribution is -2.22. The minimum atomic E-state index is -1.52. The Morgan fingerprint density at radius 3 is 2.86 bits per heavy atom. The van der Waals surface area contributed by atoms with Crippen molar-refractivity contribution in [2.75, 3.05) is 0 Å². The standard InChI is InChI=1S/C7H4N4O3/c12-7(13)6-10-5(11-14-6)4-3-8-1-2-9-4/h1-3H,(H,12,13)/p-1. The van der Waals surface area contributed by atoms with E-state index in [0.29, 0.717) is 5.69 Å². The van der Waals surface area contributed by atoms with Crippen molar-refractivity contribution < 1.29 is 14.4 Å². The second-order valence-electron chi connectivity index (χ2n) is 2.30. The zero-order valence-corrected chi connectivity index (χ0v) is 6.75. The van der Waals surface area contributed by atoms with Gasteiger partial charge in [0.15, 0.2) is 0 Å². The van der Waals surface area contributed by atoms with Gasteiger partial charge < -0.3 is 14.4 Å². The fourth-order valence-electron chi connectivity index (χ4n) is 0.825. The van der Waals surface area contributed by atoms with E-state index in [2.05, 4.69) is 24.6 Å². The van der Waals surface area contributed by atoms with Gasteiger partial charge in [-0.25, -0.2) is 4.98 Å². The van der Waals surface area contributed by atoms with E-state index in [4.69, 9.17) is 0 Å². The van der Waals surface area contributed by atoms with Crippen molar-refractivity contribution in [2.45, 2.75) is 0 Å². The van der Waals surface area contributed by atoms with E-state index >= 15 is 0 Å². The van der Waals surface area contributed by atoms with Gasteiger partial charge in [-0.1, -0.05) is 5.16 Å². The topological polar surface area (TPSA) is 105 Å². The van der Waals surface area contributed by atoms with E-state index < -0.39 is 11.9 Å². The van der Waals surface area contributed by atoms with Gasteiger partial charge >= 0.3 is 0 Å². The van der Waals surface area contributed by atoms with Crippen molar-refractivity contribution in [3.63, 3.8) is 0 Å². The predicted molar refractivity (Wildman–Crippen MR) is 39.7 cm³/mol. The van der Waals surface area contributed by atoms with Gasteiger partial charge in [0.2, 0.25) is 5.82 Å². The van der Waals surface area contributed by atoms with Crippen LogP contribution in [0.15, 0.2) is 23.1 Å². The third-order valence-corrected chi connectivity index (χ3v) is 1.39.